The van der Waals surface area contributed by atoms with Crippen LogP contribution in [0.2, 0.25) is 0 Å². The Hall–Kier alpha value is -1.57. The number of carbonyl (C=O) groups is 1. The number of nitrogens with zero attached hydrogens (tertiary/aromatic N) is 1. The van der Waals surface area contributed by atoms with Crippen LogP contribution < -0.4 is 0 Å². The lowest BCUT2D eigenvalue weighted by Gasteiger charge is -2.30. The average molecular weight is 229 g/mol. The van der Waals surface area contributed by atoms with Crippen LogP contribution in [0.5, 0.6) is 0 Å². The van der Waals surface area contributed by atoms with E-state index in [-0.39, 0.29) is 5.91 Å². The molecule has 0 aromatic heterocycles. The van der Waals surface area contributed by atoms with Crippen molar-refractivity contribution in [3.8, 4) is 0 Å². The minimum absolute atomic E-state index is 0.146. The normalized spacial score (nSPS) is 16.9. The molecule has 1 amide bonds. The van der Waals surface area contributed by atoms with E-state index in [9.17, 15) is 4.79 Å². The van der Waals surface area contributed by atoms with Crippen molar-refractivity contribution in [3.05, 3.63) is 42.0 Å². The fraction of sp³-hybridized carbons (Fsp3) is 0.400. The van der Waals surface area contributed by atoms with E-state index in [4.69, 9.17) is 0 Å². The van der Waals surface area contributed by atoms with Crippen LogP contribution in [0.3, 0.4) is 0 Å². The SMILES string of the molecule is C=Cc1ccccc1C(=O)N1CCC(C)CC1. The summed E-state index contributed by atoms with van der Waals surface area (Å²) in [5, 5.41) is 0. The third-order valence-corrected chi connectivity index (χ3v) is 3.48. The van der Waals surface area contributed by atoms with Crippen LogP contribution in [0, 0.1) is 5.92 Å². The Morgan fingerprint density at radius 2 is 2.00 bits per heavy atom. The van der Waals surface area contributed by atoms with Crippen LogP contribution in [0.25, 0.3) is 6.08 Å². The molecule has 0 bridgehead atoms. The summed E-state index contributed by atoms with van der Waals surface area (Å²) in [5.41, 5.74) is 1.70. The zero-order chi connectivity index (χ0) is 12.3. The highest BCUT2D eigenvalue weighted by molar-refractivity contribution is 5.97. The summed E-state index contributed by atoms with van der Waals surface area (Å²) >= 11 is 0. The Labute approximate surface area is 103 Å². The Morgan fingerprint density at radius 1 is 1.35 bits per heavy atom. The molecule has 1 aromatic rings. The lowest BCUT2D eigenvalue weighted by Crippen LogP contribution is -2.38. The number of hydrogen-bond donors (Lipinski definition) is 0. The van der Waals surface area contributed by atoms with Gasteiger partial charge in [0.1, 0.15) is 0 Å². The van der Waals surface area contributed by atoms with Gasteiger partial charge >= 0.3 is 0 Å². The molecule has 1 aliphatic heterocycles. The van der Waals surface area contributed by atoms with Crippen LogP contribution in [-0.4, -0.2) is 23.9 Å². The molecule has 90 valence electrons. The molecule has 0 spiro atoms. The Kier molecular flexibility index (Phi) is 3.62. The first-order chi connectivity index (χ1) is 8.22. The van der Waals surface area contributed by atoms with Crippen molar-refractivity contribution < 1.29 is 4.79 Å². The van der Waals surface area contributed by atoms with E-state index in [0.29, 0.717) is 0 Å². The molecule has 2 nitrogen and oxygen atoms in total. The van der Waals surface area contributed by atoms with Crippen molar-refractivity contribution in [1.82, 2.24) is 4.90 Å². The number of likely N-dealkylation sites (tertiary alicyclic amines) is 1. The first-order valence-corrected chi connectivity index (χ1v) is 6.23. The van der Waals surface area contributed by atoms with Gasteiger partial charge in [0, 0.05) is 18.7 Å². The van der Waals surface area contributed by atoms with Gasteiger partial charge in [-0.3, -0.25) is 4.79 Å². The molecule has 1 aromatic carbocycles. The van der Waals surface area contributed by atoms with Gasteiger partial charge in [0.2, 0.25) is 0 Å². The van der Waals surface area contributed by atoms with Crippen molar-refractivity contribution in [2.24, 2.45) is 5.92 Å². The smallest absolute Gasteiger partial charge is 0.254 e. The number of amides is 1. The predicted molar refractivity (Wildman–Crippen MR) is 70.8 cm³/mol. The topological polar surface area (TPSA) is 20.3 Å². The lowest BCUT2D eigenvalue weighted by molar-refractivity contribution is 0.0697. The van der Waals surface area contributed by atoms with Gasteiger partial charge in [0.25, 0.3) is 5.91 Å². The molecule has 17 heavy (non-hydrogen) atoms. The van der Waals surface area contributed by atoms with E-state index in [1.54, 1.807) is 6.08 Å². The maximum atomic E-state index is 12.4. The highest BCUT2D eigenvalue weighted by atomic mass is 16.2. The lowest BCUT2D eigenvalue weighted by atomic mass is 9.98. The van der Waals surface area contributed by atoms with Gasteiger partial charge in [0.05, 0.1) is 0 Å². The summed E-state index contributed by atoms with van der Waals surface area (Å²) < 4.78 is 0. The number of carbonyl (C=O) groups excluding carboxylic acids is 1. The summed E-state index contributed by atoms with van der Waals surface area (Å²) in [6.45, 7) is 7.77. The number of benzene rings is 1. The van der Waals surface area contributed by atoms with Crippen LogP contribution in [-0.2, 0) is 0 Å². The largest absolute Gasteiger partial charge is 0.339 e. The zero-order valence-electron chi connectivity index (χ0n) is 10.4. The summed E-state index contributed by atoms with van der Waals surface area (Å²) in [5.74, 6) is 0.890. The fourth-order valence-corrected chi connectivity index (χ4v) is 2.25. The predicted octanol–water partition coefficient (Wildman–Crippen LogP) is 3.20. The van der Waals surface area contributed by atoms with E-state index >= 15 is 0 Å². The van der Waals surface area contributed by atoms with Crippen molar-refractivity contribution >= 4 is 12.0 Å². The minimum atomic E-state index is 0.146. The van der Waals surface area contributed by atoms with Gasteiger partial charge in [-0.15, -0.1) is 0 Å². The number of rotatable bonds is 2. The molecule has 2 heteroatoms. The summed E-state index contributed by atoms with van der Waals surface area (Å²) in [6, 6.07) is 7.67. The third kappa shape index (κ3) is 2.57. The van der Waals surface area contributed by atoms with E-state index in [1.807, 2.05) is 29.2 Å². The van der Waals surface area contributed by atoms with Crippen molar-refractivity contribution in [3.63, 3.8) is 0 Å². The van der Waals surface area contributed by atoms with Gasteiger partial charge in [-0.25, -0.2) is 0 Å². The fourth-order valence-electron chi connectivity index (χ4n) is 2.25. The summed E-state index contributed by atoms with van der Waals surface area (Å²) in [7, 11) is 0. The van der Waals surface area contributed by atoms with E-state index in [2.05, 4.69) is 13.5 Å². The molecule has 2 rings (SSSR count). The highest BCUT2D eigenvalue weighted by Gasteiger charge is 2.22. The molecule has 0 N–H and O–H groups in total. The van der Waals surface area contributed by atoms with Crippen LogP contribution in [0.4, 0.5) is 0 Å². The van der Waals surface area contributed by atoms with Gasteiger partial charge in [-0.05, 0) is 30.4 Å². The quantitative estimate of drug-likeness (QED) is 0.762. The molecule has 0 unspecified atom stereocenters. The van der Waals surface area contributed by atoms with Crippen molar-refractivity contribution in [2.45, 2.75) is 19.8 Å². The maximum Gasteiger partial charge on any atom is 0.254 e. The van der Waals surface area contributed by atoms with E-state index < -0.39 is 0 Å². The van der Waals surface area contributed by atoms with Crippen molar-refractivity contribution in [1.29, 1.82) is 0 Å². The molecule has 1 fully saturated rings. The summed E-state index contributed by atoms with van der Waals surface area (Å²) in [6.07, 6.45) is 3.98. The maximum absolute atomic E-state index is 12.4. The standard InChI is InChI=1S/C15H19NO/c1-3-13-6-4-5-7-14(13)15(17)16-10-8-12(2)9-11-16/h3-7,12H,1,8-11H2,2H3. The molecule has 0 aliphatic carbocycles. The van der Waals surface area contributed by atoms with Crippen LogP contribution in [0.1, 0.15) is 35.7 Å². The van der Waals surface area contributed by atoms with E-state index in [0.717, 1.165) is 43.0 Å². The minimum Gasteiger partial charge on any atom is -0.339 e. The molecular formula is C15H19NO. The van der Waals surface area contributed by atoms with Crippen LogP contribution >= 0.6 is 0 Å². The molecule has 0 saturated carbocycles. The second-order valence-corrected chi connectivity index (χ2v) is 4.77. The Bertz CT molecular complexity index is 417. The van der Waals surface area contributed by atoms with Gasteiger partial charge in [-0.2, -0.15) is 0 Å². The van der Waals surface area contributed by atoms with Gasteiger partial charge in [0.15, 0.2) is 0 Å². The first kappa shape index (κ1) is 11.9. The second-order valence-electron chi connectivity index (χ2n) is 4.77. The average Bonchev–Trinajstić information content (AvgIpc) is 2.39. The van der Waals surface area contributed by atoms with Crippen molar-refractivity contribution in [2.75, 3.05) is 13.1 Å². The highest BCUT2D eigenvalue weighted by Crippen LogP contribution is 2.20. The molecule has 0 radical (unpaired) electrons. The van der Waals surface area contributed by atoms with Gasteiger partial charge in [-0.1, -0.05) is 37.8 Å². The molecule has 0 atom stereocenters. The second kappa shape index (κ2) is 5.17. The Morgan fingerprint density at radius 3 is 2.65 bits per heavy atom. The molecule has 1 heterocycles. The van der Waals surface area contributed by atoms with Crippen LogP contribution in [0.15, 0.2) is 30.8 Å². The summed E-state index contributed by atoms with van der Waals surface area (Å²) in [4.78, 5) is 14.3. The first-order valence-electron chi connectivity index (χ1n) is 6.23. The monoisotopic (exact) mass is 229 g/mol. The molecule has 1 aliphatic rings. The Balaban J connectivity index is 2.16. The number of piperidine rings is 1. The van der Waals surface area contributed by atoms with E-state index in [1.165, 1.54) is 0 Å². The molecular weight excluding hydrogens is 210 g/mol. The number of hydrogen-bond acceptors (Lipinski definition) is 1. The molecule has 1 saturated heterocycles. The third-order valence-electron chi connectivity index (χ3n) is 3.48. The van der Waals surface area contributed by atoms with Gasteiger partial charge < -0.3 is 4.90 Å². The zero-order valence-corrected chi connectivity index (χ0v) is 10.4.